The molecular formula is C14H18N2O3. The summed E-state index contributed by atoms with van der Waals surface area (Å²) in [7, 11) is 1.49. The van der Waals surface area contributed by atoms with E-state index in [1.807, 2.05) is 0 Å². The van der Waals surface area contributed by atoms with Crippen molar-refractivity contribution >= 4 is 11.6 Å². The van der Waals surface area contributed by atoms with Gasteiger partial charge in [-0.25, -0.2) is 0 Å². The zero-order valence-electron chi connectivity index (χ0n) is 11.1. The molecule has 1 aromatic carbocycles. The van der Waals surface area contributed by atoms with Gasteiger partial charge in [-0.3, -0.25) is 4.79 Å². The molecule has 1 unspecified atom stereocenters. The topological polar surface area (TPSA) is 84.6 Å². The summed E-state index contributed by atoms with van der Waals surface area (Å²) in [4.78, 5) is 11.4. The molecule has 0 radical (unpaired) electrons. The van der Waals surface area contributed by atoms with Crippen LogP contribution in [0.5, 0.6) is 5.75 Å². The van der Waals surface area contributed by atoms with E-state index in [1.165, 1.54) is 7.11 Å². The highest BCUT2D eigenvalue weighted by Crippen LogP contribution is 2.32. The molecule has 0 bridgehead atoms. The Kier molecular flexibility index (Phi) is 5.22. The molecule has 0 aliphatic rings. The normalized spacial score (nSPS) is 11.5. The second-order valence-corrected chi connectivity index (χ2v) is 4.15. The number of carbonyl (C=O) groups excluding carboxylic acids is 1. The van der Waals surface area contributed by atoms with Gasteiger partial charge in [0, 0.05) is 17.5 Å². The largest absolute Gasteiger partial charge is 0.494 e. The van der Waals surface area contributed by atoms with Gasteiger partial charge in [0.1, 0.15) is 5.75 Å². The van der Waals surface area contributed by atoms with E-state index in [9.17, 15) is 9.90 Å². The minimum atomic E-state index is -0.616. The average Bonchev–Trinajstić information content (AvgIpc) is 2.35. The van der Waals surface area contributed by atoms with Gasteiger partial charge in [0.15, 0.2) is 0 Å². The first-order chi connectivity index (χ1) is 9.01. The van der Waals surface area contributed by atoms with Crippen molar-refractivity contribution in [3.05, 3.63) is 23.3 Å². The maximum atomic E-state index is 11.4. The summed E-state index contributed by atoms with van der Waals surface area (Å²) in [6.07, 6.45) is 4.85. The van der Waals surface area contributed by atoms with Gasteiger partial charge in [-0.1, -0.05) is 5.92 Å². The summed E-state index contributed by atoms with van der Waals surface area (Å²) in [5.74, 6) is 2.38. The van der Waals surface area contributed by atoms with Crippen LogP contribution in [0, 0.1) is 12.3 Å². The molecule has 1 rings (SSSR count). The molecule has 4 N–H and O–H groups in total. The summed E-state index contributed by atoms with van der Waals surface area (Å²) in [5, 5.41) is 12.5. The fourth-order valence-corrected chi connectivity index (χ4v) is 1.88. The number of primary amides is 1. The number of benzene rings is 1. The lowest BCUT2D eigenvalue weighted by molar-refractivity contribution is 0.0998. The smallest absolute Gasteiger partial charge is 0.249 e. The molecule has 102 valence electrons. The molecule has 5 nitrogen and oxygen atoms in total. The van der Waals surface area contributed by atoms with Crippen LogP contribution in [0.3, 0.4) is 0 Å². The highest BCUT2D eigenvalue weighted by atomic mass is 16.5. The van der Waals surface area contributed by atoms with Crippen LogP contribution in [0.2, 0.25) is 0 Å². The fraction of sp³-hybridized carbons (Fsp3) is 0.357. The van der Waals surface area contributed by atoms with Crippen molar-refractivity contribution in [2.24, 2.45) is 5.73 Å². The number of aliphatic hydroxyl groups is 1. The Hall–Kier alpha value is -2.19. The Balaban J connectivity index is 3.32. The van der Waals surface area contributed by atoms with Crippen LogP contribution < -0.4 is 15.8 Å². The van der Waals surface area contributed by atoms with Crippen molar-refractivity contribution in [2.75, 3.05) is 19.0 Å². The van der Waals surface area contributed by atoms with E-state index in [1.54, 1.807) is 19.1 Å². The minimum absolute atomic E-state index is 0.271. The van der Waals surface area contributed by atoms with E-state index in [0.717, 1.165) is 0 Å². The Morgan fingerprint density at radius 1 is 1.63 bits per heavy atom. The number of ether oxygens (including phenoxy) is 1. The summed E-state index contributed by atoms with van der Waals surface area (Å²) < 4.78 is 5.32. The van der Waals surface area contributed by atoms with Gasteiger partial charge in [0.05, 0.1) is 25.4 Å². The number of nitrogens with two attached hydrogens (primary N) is 1. The van der Waals surface area contributed by atoms with Crippen LogP contribution in [0.15, 0.2) is 12.1 Å². The molecule has 0 aliphatic carbocycles. The summed E-state index contributed by atoms with van der Waals surface area (Å²) in [6, 6.07) is 3.28. The molecule has 1 atom stereocenters. The first-order valence-electron chi connectivity index (χ1n) is 5.86. The number of aliphatic hydroxyl groups excluding tert-OH is 1. The Labute approximate surface area is 112 Å². The van der Waals surface area contributed by atoms with E-state index in [4.69, 9.17) is 16.9 Å². The summed E-state index contributed by atoms with van der Waals surface area (Å²) >= 11 is 0. The number of rotatable bonds is 6. The number of terminal acetylenes is 1. The molecule has 1 aromatic rings. The number of nitrogens with one attached hydrogen (secondary N) is 1. The fourth-order valence-electron chi connectivity index (χ4n) is 1.88. The van der Waals surface area contributed by atoms with Crippen LogP contribution in [-0.4, -0.2) is 30.8 Å². The predicted octanol–water partition coefficient (Wildman–Crippen LogP) is 0.762. The quantitative estimate of drug-likeness (QED) is 0.661. The maximum Gasteiger partial charge on any atom is 0.249 e. The highest BCUT2D eigenvalue weighted by molar-refractivity contribution is 5.96. The van der Waals surface area contributed by atoms with Gasteiger partial charge in [0.25, 0.3) is 0 Å². The van der Waals surface area contributed by atoms with Gasteiger partial charge in [-0.15, -0.1) is 6.42 Å². The van der Waals surface area contributed by atoms with Gasteiger partial charge >= 0.3 is 0 Å². The molecule has 0 saturated heterocycles. The van der Waals surface area contributed by atoms with Gasteiger partial charge < -0.3 is 20.9 Å². The molecule has 1 amide bonds. The number of amides is 1. The van der Waals surface area contributed by atoms with Crippen LogP contribution in [-0.2, 0) is 6.42 Å². The highest BCUT2D eigenvalue weighted by Gasteiger charge is 2.18. The molecule has 0 spiro atoms. The predicted molar refractivity (Wildman–Crippen MR) is 74.2 cm³/mol. The first-order valence-corrected chi connectivity index (χ1v) is 5.86. The lowest BCUT2D eigenvalue weighted by Gasteiger charge is -2.17. The van der Waals surface area contributed by atoms with Crippen molar-refractivity contribution in [1.82, 2.24) is 0 Å². The number of hydrogen-bond donors (Lipinski definition) is 3. The Morgan fingerprint density at radius 3 is 2.79 bits per heavy atom. The number of hydrogen-bond acceptors (Lipinski definition) is 4. The molecule has 0 saturated carbocycles. The molecule has 0 aliphatic heterocycles. The van der Waals surface area contributed by atoms with E-state index < -0.39 is 12.0 Å². The zero-order valence-corrected chi connectivity index (χ0v) is 11.1. The van der Waals surface area contributed by atoms with Crippen molar-refractivity contribution in [1.29, 1.82) is 0 Å². The zero-order chi connectivity index (χ0) is 14.4. The summed E-state index contributed by atoms with van der Waals surface area (Å²) in [5.41, 5.74) is 6.92. The second-order valence-electron chi connectivity index (χ2n) is 4.15. The number of carbonyl (C=O) groups is 1. The number of anilines is 1. The SMILES string of the molecule is C#CCNc1ccc(C(N)=O)c(CC(C)O)c1OC. The van der Waals surface area contributed by atoms with Gasteiger partial charge in [-0.2, -0.15) is 0 Å². The monoisotopic (exact) mass is 262 g/mol. The van der Waals surface area contributed by atoms with E-state index >= 15 is 0 Å². The van der Waals surface area contributed by atoms with Crippen molar-refractivity contribution in [3.63, 3.8) is 0 Å². The number of methoxy groups -OCH3 is 1. The van der Waals surface area contributed by atoms with Crippen LogP contribution in [0.1, 0.15) is 22.8 Å². The van der Waals surface area contributed by atoms with Crippen molar-refractivity contribution < 1.29 is 14.6 Å². The van der Waals surface area contributed by atoms with Crippen LogP contribution in [0.4, 0.5) is 5.69 Å². The molecule has 5 heteroatoms. The third-order valence-electron chi connectivity index (χ3n) is 2.61. The molecule has 0 fully saturated rings. The standard InChI is InChI=1S/C14H18N2O3/c1-4-7-16-12-6-5-10(14(15)18)11(8-9(2)17)13(12)19-3/h1,5-6,9,16-17H,7-8H2,2-3H3,(H2,15,18). The molecule has 0 aromatic heterocycles. The van der Waals surface area contributed by atoms with Gasteiger partial charge in [0.2, 0.25) is 5.91 Å². The lowest BCUT2D eigenvalue weighted by atomic mass is 9.99. The Morgan fingerprint density at radius 2 is 2.32 bits per heavy atom. The first kappa shape index (κ1) is 14.9. The van der Waals surface area contributed by atoms with Crippen LogP contribution in [0.25, 0.3) is 0 Å². The third-order valence-corrected chi connectivity index (χ3v) is 2.61. The van der Waals surface area contributed by atoms with Crippen molar-refractivity contribution in [3.8, 4) is 18.1 Å². The average molecular weight is 262 g/mol. The lowest BCUT2D eigenvalue weighted by Crippen LogP contribution is -2.18. The minimum Gasteiger partial charge on any atom is -0.494 e. The Bertz CT molecular complexity index is 504. The van der Waals surface area contributed by atoms with E-state index in [2.05, 4.69) is 11.2 Å². The maximum absolute atomic E-state index is 11.4. The van der Waals surface area contributed by atoms with Gasteiger partial charge in [-0.05, 0) is 19.1 Å². The van der Waals surface area contributed by atoms with E-state index in [-0.39, 0.29) is 6.42 Å². The van der Waals surface area contributed by atoms with E-state index in [0.29, 0.717) is 29.1 Å². The molecule has 0 heterocycles. The van der Waals surface area contributed by atoms with Crippen molar-refractivity contribution in [2.45, 2.75) is 19.4 Å². The molecular weight excluding hydrogens is 244 g/mol. The molecule has 19 heavy (non-hydrogen) atoms. The third kappa shape index (κ3) is 3.63. The summed E-state index contributed by atoms with van der Waals surface area (Å²) in [6.45, 7) is 1.96. The van der Waals surface area contributed by atoms with Crippen LogP contribution >= 0.6 is 0 Å². The second kappa shape index (κ2) is 6.66.